The standard InChI is InChI=1S/C41H49N5/c1-24(42-22-31-18-29-19-35(29)44-31)25-4-6-26(7-5-25)32-12-13-33(39-34(32)14-17-41(39)15-2-3-16-41)27-8-10-28(11-9-27)38-23-43-40(46-38)37-21-30-20-36(30)45-37/h4,6,8-11,20,29,31,35-37,40,43-45H,2-3,5,7,12-19,21-23H2,1H3. The first-order valence-electron chi connectivity index (χ1n) is 18.6. The average molecular weight is 612 g/mol. The number of fused-ring (bicyclic) bond motifs is 4. The molecular weight excluding hydrogens is 562 g/mol. The number of hydrogen-bond donors (Lipinski definition) is 3. The minimum absolute atomic E-state index is 0.203. The zero-order valence-electron chi connectivity index (χ0n) is 27.5. The Morgan fingerprint density at radius 2 is 1.72 bits per heavy atom. The monoisotopic (exact) mass is 611 g/mol. The number of hydrogen-bond acceptors (Lipinski definition) is 5. The highest BCUT2D eigenvalue weighted by Crippen LogP contribution is 2.61. The summed E-state index contributed by atoms with van der Waals surface area (Å²) in [6, 6.07) is 12.0. The van der Waals surface area contributed by atoms with Crippen LogP contribution in [-0.4, -0.2) is 54.8 Å². The van der Waals surface area contributed by atoms with Gasteiger partial charge in [-0.15, -0.1) is 0 Å². The number of aliphatic imine (C=N–C) groups is 2. The molecule has 3 aliphatic heterocycles. The van der Waals surface area contributed by atoms with Gasteiger partial charge < -0.3 is 10.6 Å². The second-order valence-corrected chi connectivity index (χ2v) is 16.0. The van der Waals surface area contributed by atoms with Crippen molar-refractivity contribution in [1.29, 1.82) is 0 Å². The van der Waals surface area contributed by atoms with Crippen LogP contribution in [0.5, 0.6) is 0 Å². The molecule has 9 aliphatic rings. The van der Waals surface area contributed by atoms with Crippen LogP contribution in [0.4, 0.5) is 0 Å². The Morgan fingerprint density at radius 1 is 0.870 bits per heavy atom. The molecule has 6 unspecified atom stereocenters. The van der Waals surface area contributed by atoms with Crippen LogP contribution in [-0.2, 0) is 0 Å². The quantitative estimate of drug-likeness (QED) is 0.227. The number of rotatable bonds is 7. The zero-order chi connectivity index (χ0) is 30.4. The van der Waals surface area contributed by atoms with E-state index in [1.165, 1.54) is 98.8 Å². The number of nitrogens with one attached hydrogen (secondary N) is 3. The first kappa shape index (κ1) is 28.2. The van der Waals surface area contributed by atoms with E-state index in [-0.39, 0.29) is 6.17 Å². The summed E-state index contributed by atoms with van der Waals surface area (Å²) in [6.45, 7) is 4.06. The SMILES string of the molecule is CC(=NCC1CC2CC2N1)C1=CC=C(C2=C3CCC4(CCCC4)C3=C(c3ccc(C4=NC(C5CC6=CC6N5)NC4)cc3)CC2)CC1. The van der Waals surface area contributed by atoms with E-state index < -0.39 is 0 Å². The van der Waals surface area contributed by atoms with E-state index in [2.05, 4.69) is 65.4 Å². The predicted molar refractivity (Wildman–Crippen MR) is 188 cm³/mol. The average Bonchev–Trinajstić information content (AvgIpc) is 3.58. The lowest BCUT2D eigenvalue weighted by atomic mass is 9.71. The normalized spacial score (nSPS) is 35.6. The molecule has 0 aromatic heterocycles. The molecule has 10 rings (SSSR count). The van der Waals surface area contributed by atoms with Gasteiger partial charge in [0, 0.05) is 36.4 Å². The van der Waals surface area contributed by atoms with Crippen LogP contribution in [0, 0.1) is 11.3 Å². The second kappa shape index (κ2) is 10.8. The maximum atomic E-state index is 5.13. The molecule has 2 saturated heterocycles. The van der Waals surface area contributed by atoms with Gasteiger partial charge in [0.15, 0.2) is 0 Å². The molecule has 3 saturated carbocycles. The van der Waals surface area contributed by atoms with Crippen molar-refractivity contribution in [3.63, 3.8) is 0 Å². The van der Waals surface area contributed by atoms with Crippen molar-refractivity contribution in [3.05, 3.63) is 87.1 Å². The molecular formula is C41H49N5. The van der Waals surface area contributed by atoms with Gasteiger partial charge in [0.1, 0.15) is 6.17 Å². The molecule has 1 spiro atoms. The summed E-state index contributed by atoms with van der Waals surface area (Å²) < 4.78 is 0. The van der Waals surface area contributed by atoms with Gasteiger partial charge in [0.2, 0.25) is 0 Å². The molecule has 5 nitrogen and oxygen atoms in total. The van der Waals surface area contributed by atoms with Gasteiger partial charge in [-0.05, 0) is 139 Å². The fourth-order valence-corrected chi connectivity index (χ4v) is 10.6. The number of nitrogens with zero attached hydrogens (tertiary/aromatic N) is 2. The highest BCUT2D eigenvalue weighted by atomic mass is 15.2. The van der Waals surface area contributed by atoms with E-state index in [1.807, 2.05) is 0 Å². The van der Waals surface area contributed by atoms with Crippen molar-refractivity contribution in [3.8, 4) is 0 Å². The number of piperidine rings is 1. The summed E-state index contributed by atoms with van der Waals surface area (Å²) in [5, 5.41) is 11.1. The third-order valence-corrected chi connectivity index (χ3v) is 13.3. The van der Waals surface area contributed by atoms with Crippen LogP contribution in [0.3, 0.4) is 0 Å². The van der Waals surface area contributed by atoms with Crippen molar-refractivity contribution in [2.24, 2.45) is 21.3 Å². The van der Waals surface area contributed by atoms with Crippen molar-refractivity contribution >= 4 is 17.0 Å². The minimum atomic E-state index is 0.203. The summed E-state index contributed by atoms with van der Waals surface area (Å²) in [5.41, 5.74) is 17.1. The zero-order valence-corrected chi connectivity index (χ0v) is 27.5. The van der Waals surface area contributed by atoms with Crippen LogP contribution >= 0.6 is 0 Å². The van der Waals surface area contributed by atoms with Gasteiger partial charge >= 0.3 is 0 Å². The first-order valence-corrected chi connectivity index (χ1v) is 18.6. The third kappa shape index (κ3) is 4.83. The van der Waals surface area contributed by atoms with Gasteiger partial charge in [-0.1, -0.05) is 55.3 Å². The Hall–Kier alpha value is -2.86. The predicted octanol–water partition coefficient (Wildman–Crippen LogP) is 7.13. The maximum Gasteiger partial charge on any atom is 0.116 e. The van der Waals surface area contributed by atoms with Gasteiger partial charge in [-0.25, -0.2) is 0 Å². The van der Waals surface area contributed by atoms with Crippen LogP contribution < -0.4 is 16.0 Å². The van der Waals surface area contributed by atoms with Gasteiger partial charge in [-0.3, -0.25) is 15.3 Å². The van der Waals surface area contributed by atoms with Gasteiger partial charge in [-0.2, -0.15) is 0 Å². The lowest BCUT2D eigenvalue weighted by Gasteiger charge is -2.33. The van der Waals surface area contributed by atoms with Crippen molar-refractivity contribution in [2.45, 2.75) is 121 Å². The molecule has 6 atom stereocenters. The largest absolute Gasteiger partial charge is 0.309 e. The molecule has 0 bridgehead atoms. The van der Waals surface area contributed by atoms with E-state index in [9.17, 15) is 0 Å². The molecule has 0 amide bonds. The maximum absolute atomic E-state index is 5.13. The van der Waals surface area contributed by atoms with E-state index in [4.69, 9.17) is 9.98 Å². The second-order valence-electron chi connectivity index (χ2n) is 16.0. The topological polar surface area (TPSA) is 60.8 Å². The summed E-state index contributed by atoms with van der Waals surface area (Å²) in [7, 11) is 0. The van der Waals surface area contributed by atoms with Crippen LogP contribution in [0.2, 0.25) is 0 Å². The molecule has 238 valence electrons. The van der Waals surface area contributed by atoms with Gasteiger partial charge in [0.25, 0.3) is 0 Å². The lowest BCUT2D eigenvalue weighted by molar-refractivity contribution is 0.381. The molecule has 1 aromatic rings. The minimum Gasteiger partial charge on any atom is -0.309 e. The van der Waals surface area contributed by atoms with E-state index in [0.717, 1.165) is 37.9 Å². The van der Waals surface area contributed by atoms with Crippen LogP contribution in [0.15, 0.2) is 85.9 Å². The third-order valence-electron chi connectivity index (χ3n) is 13.3. The van der Waals surface area contributed by atoms with Crippen LogP contribution in [0.25, 0.3) is 5.57 Å². The number of benzene rings is 1. The van der Waals surface area contributed by atoms with E-state index >= 15 is 0 Å². The number of allylic oxidation sites excluding steroid dienone is 8. The molecule has 0 radical (unpaired) electrons. The molecule has 1 aromatic carbocycles. The molecule has 3 heterocycles. The molecule has 5 fully saturated rings. The van der Waals surface area contributed by atoms with Crippen molar-refractivity contribution < 1.29 is 0 Å². The summed E-state index contributed by atoms with van der Waals surface area (Å²) >= 11 is 0. The Kier molecular flexibility index (Phi) is 6.64. The molecule has 6 aliphatic carbocycles. The summed E-state index contributed by atoms with van der Waals surface area (Å²) in [5.74, 6) is 0.947. The Labute approximate surface area is 274 Å². The van der Waals surface area contributed by atoms with Crippen LogP contribution in [0.1, 0.15) is 102 Å². The molecule has 3 N–H and O–H groups in total. The van der Waals surface area contributed by atoms with Crippen molar-refractivity contribution in [2.75, 3.05) is 13.1 Å². The van der Waals surface area contributed by atoms with Gasteiger partial charge in [0.05, 0.1) is 12.3 Å². The summed E-state index contributed by atoms with van der Waals surface area (Å²) in [4.78, 5) is 10.2. The highest BCUT2D eigenvalue weighted by Gasteiger charge is 2.47. The molecule has 46 heavy (non-hydrogen) atoms. The Bertz CT molecular complexity index is 1680. The Balaban J connectivity index is 0.912. The fourth-order valence-electron chi connectivity index (χ4n) is 10.6. The first-order chi connectivity index (χ1) is 22.6. The van der Waals surface area contributed by atoms with Crippen molar-refractivity contribution in [1.82, 2.24) is 16.0 Å². The smallest absolute Gasteiger partial charge is 0.116 e. The Morgan fingerprint density at radius 3 is 2.48 bits per heavy atom. The highest BCUT2D eigenvalue weighted by molar-refractivity contribution is 6.03. The molecule has 5 heteroatoms. The fraction of sp³-hybridized carbons (Fsp3) is 0.561. The lowest BCUT2D eigenvalue weighted by Crippen LogP contribution is -2.42. The summed E-state index contributed by atoms with van der Waals surface area (Å²) in [6.07, 6.45) is 24.2. The van der Waals surface area contributed by atoms with E-state index in [0.29, 0.717) is 23.5 Å². The van der Waals surface area contributed by atoms with E-state index in [1.54, 1.807) is 33.4 Å².